The number of ether oxygens (including phenoxy) is 2. The Morgan fingerprint density at radius 2 is 1.65 bits per heavy atom. The summed E-state index contributed by atoms with van der Waals surface area (Å²) in [7, 11) is 3.32. The number of benzene rings is 2. The zero-order valence-corrected chi connectivity index (χ0v) is 17.9. The molecule has 0 unspecified atom stereocenters. The zero-order valence-electron chi connectivity index (χ0n) is 17.9. The first-order valence-electron chi connectivity index (χ1n) is 10.0. The van der Waals surface area contributed by atoms with Gasteiger partial charge in [0.2, 0.25) is 0 Å². The molecule has 0 radical (unpaired) electrons. The molecule has 6 heteroatoms. The summed E-state index contributed by atoms with van der Waals surface area (Å²) in [5, 5.41) is 5.78. The maximum absolute atomic E-state index is 5.68. The molecule has 3 heterocycles. The molecule has 3 aromatic heterocycles. The van der Waals surface area contributed by atoms with Gasteiger partial charge >= 0.3 is 0 Å². The average Bonchev–Trinajstić information content (AvgIpc) is 3.17. The van der Waals surface area contributed by atoms with Crippen LogP contribution in [-0.2, 0) is 0 Å². The molecule has 0 aliphatic rings. The first kappa shape index (κ1) is 19.1. The van der Waals surface area contributed by atoms with Crippen molar-refractivity contribution in [3.8, 4) is 34.0 Å². The predicted molar refractivity (Wildman–Crippen MR) is 122 cm³/mol. The largest absolute Gasteiger partial charge is 0.497 e. The molecule has 2 aromatic carbocycles. The summed E-state index contributed by atoms with van der Waals surface area (Å²) in [6.45, 7) is 4.05. The molecule has 0 N–H and O–H groups in total. The van der Waals surface area contributed by atoms with Crippen LogP contribution in [0.5, 0.6) is 11.5 Å². The molecular weight excluding hydrogens is 388 g/mol. The number of methoxy groups -OCH3 is 2. The van der Waals surface area contributed by atoms with E-state index < -0.39 is 0 Å². The quantitative estimate of drug-likeness (QED) is 0.405. The van der Waals surface area contributed by atoms with Crippen LogP contribution < -0.4 is 9.47 Å². The van der Waals surface area contributed by atoms with E-state index in [-0.39, 0.29) is 0 Å². The molecular formula is C25H22N4O2. The number of pyridine rings is 1. The zero-order chi connectivity index (χ0) is 21.5. The summed E-state index contributed by atoms with van der Waals surface area (Å²) >= 11 is 0. The van der Waals surface area contributed by atoms with Crippen LogP contribution in [0.4, 0.5) is 0 Å². The minimum Gasteiger partial charge on any atom is -0.497 e. The van der Waals surface area contributed by atoms with Gasteiger partial charge in [0.15, 0.2) is 11.3 Å². The third kappa shape index (κ3) is 3.17. The van der Waals surface area contributed by atoms with Crippen LogP contribution in [0.3, 0.4) is 0 Å². The van der Waals surface area contributed by atoms with E-state index in [9.17, 15) is 0 Å². The molecule has 0 aliphatic heterocycles. The van der Waals surface area contributed by atoms with Crippen LogP contribution in [0.15, 0.2) is 60.7 Å². The Morgan fingerprint density at radius 3 is 2.39 bits per heavy atom. The smallest absolute Gasteiger partial charge is 0.184 e. The van der Waals surface area contributed by atoms with Crippen molar-refractivity contribution in [2.24, 2.45) is 0 Å². The molecule has 0 saturated carbocycles. The second-order valence-corrected chi connectivity index (χ2v) is 7.47. The second-order valence-electron chi connectivity index (χ2n) is 7.47. The van der Waals surface area contributed by atoms with Gasteiger partial charge in [-0.15, -0.1) is 5.10 Å². The molecule has 0 spiro atoms. The Morgan fingerprint density at radius 1 is 0.839 bits per heavy atom. The maximum atomic E-state index is 5.68. The van der Waals surface area contributed by atoms with E-state index in [4.69, 9.17) is 19.6 Å². The monoisotopic (exact) mass is 410 g/mol. The van der Waals surface area contributed by atoms with E-state index >= 15 is 0 Å². The Bertz CT molecular complexity index is 1420. The highest BCUT2D eigenvalue weighted by Crippen LogP contribution is 2.36. The van der Waals surface area contributed by atoms with Crippen molar-refractivity contribution in [3.05, 3.63) is 71.9 Å². The van der Waals surface area contributed by atoms with Crippen LogP contribution in [0.2, 0.25) is 0 Å². The highest BCUT2D eigenvalue weighted by molar-refractivity contribution is 5.95. The summed E-state index contributed by atoms with van der Waals surface area (Å²) in [5.41, 5.74) is 7.08. The van der Waals surface area contributed by atoms with Crippen LogP contribution in [0.25, 0.3) is 39.2 Å². The highest BCUT2D eigenvalue weighted by atomic mass is 16.5. The van der Waals surface area contributed by atoms with Crippen molar-refractivity contribution >= 4 is 16.7 Å². The number of aromatic nitrogens is 4. The van der Waals surface area contributed by atoms with Gasteiger partial charge in [0.05, 0.1) is 31.0 Å². The fraction of sp³-hybridized carbons (Fsp3) is 0.160. The normalized spacial score (nSPS) is 11.2. The third-order valence-electron chi connectivity index (χ3n) is 5.42. The number of nitrogens with zero attached hydrogens (tertiary/aromatic N) is 4. The van der Waals surface area contributed by atoms with Crippen LogP contribution in [0, 0.1) is 13.8 Å². The van der Waals surface area contributed by atoms with Crippen molar-refractivity contribution in [1.82, 2.24) is 19.6 Å². The highest BCUT2D eigenvalue weighted by Gasteiger charge is 2.19. The topological polar surface area (TPSA) is 61.5 Å². The summed E-state index contributed by atoms with van der Waals surface area (Å²) in [4.78, 5) is 9.66. The van der Waals surface area contributed by atoms with Gasteiger partial charge in [-0.1, -0.05) is 30.3 Å². The van der Waals surface area contributed by atoms with Crippen molar-refractivity contribution in [1.29, 1.82) is 0 Å². The van der Waals surface area contributed by atoms with E-state index in [0.717, 1.165) is 56.3 Å². The number of aryl methyl sites for hydroxylation is 2. The molecule has 0 saturated heterocycles. The summed E-state index contributed by atoms with van der Waals surface area (Å²) in [5.74, 6) is 1.47. The fourth-order valence-corrected chi connectivity index (χ4v) is 3.98. The summed E-state index contributed by atoms with van der Waals surface area (Å²) < 4.78 is 13.0. The lowest BCUT2D eigenvalue weighted by Gasteiger charge is -2.13. The standard InChI is InChI=1S/C25H22N4O2/c1-15-12-16(2)26-24-23(15)25-27-20(17-8-6-5-7-9-17)14-21(29(25)28-24)19-13-18(30-3)10-11-22(19)31-4/h5-14H,1-4H3. The van der Waals surface area contributed by atoms with Crippen LogP contribution in [-0.4, -0.2) is 33.8 Å². The van der Waals surface area contributed by atoms with E-state index in [1.54, 1.807) is 14.2 Å². The molecule has 0 bridgehead atoms. The molecule has 0 amide bonds. The van der Waals surface area contributed by atoms with E-state index in [1.807, 2.05) is 53.9 Å². The molecule has 0 atom stereocenters. The molecule has 5 rings (SSSR count). The lowest BCUT2D eigenvalue weighted by molar-refractivity contribution is 0.404. The predicted octanol–water partition coefficient (Wildman–Crippen LogP) is 5.25. The minimum atomic E-state index is 0.679. The number of hydrogen-bond acceptors (Lipinski definition) is 5. The summed E-state index contributed by atoms with van der Waals surface area (Å²) in [6, 6.07) is 20.0. The fourth-order valence-electron chi connectivity index (χ4n) is 3.98. The summed E-state index contributed by atoms with van der Waals surface area (Å²) in [6.07, 6.45) is 0. The SMILES string of the molecule is COc1ccc(OC)c(-c2cc(-c3ccccc3)nc3c4c(C)cc(C)nc4nn23)c1. The second kappa shape index (κ2) is 7.40. The number of hydrogen-bond donors (Lipinski definition) is 0. The Kier molecular flexibility index (Phi) is 4.55. The van der Waals surface area contributed by atoms with Crippen molar-refractivity contribution < 1.29 is 9.47 Å². The van der Waals surface area contributed by atoms with Gasteiger partial charge < -0.3 is 9.47 Å². The van der Waals surface area contributed by atoms with Gasteiger partial charge in [0, 0.05) is 16.8 Å². The Hall–Kier alpha value is -3.93. The Balaban J connectivity index is 1.93. The van der Waals surface area contributed by atoms with Crippen molar-refractivity contribution in [2.75, 3.05) is 14.2 Å². The van der Waals surface area contributed by atoms with Crippen LogP contribution >= 0.6 is 0 Å². The minimum absolute atomic E-state index is 0.679. The van der Waals surface area contributed by atoms with E-state index in [1.165, 1.54) is 0 Å². The first-order valence-corrected chi connectivity index (χ1v) is 10.0. The molecule has 154 valence electrons. The molecule has 31 heavy (non-hydrogen) atoms. The van der Waals surface area contributed by atoms with Crippen LogP contribution in [0.1, 0.15) is 11.3 Å². The van der Waals surface area contributed by atoms with Gasteiger partial charge in [-0.05, 0) is 49.7 Å². The lowest BCUT2D eigenvalue weighted by Crippen LogP contribution is -2.00. The average molecular weight is 410 g/mol. The molecule has 6 nitrogen and oxygen atoms in total. The Labute approximate surface area is 180 Å². The lowest BCUT2D eigenvalue weighted by atomic mass is 10.1. The molecule has 0 fully saturated rings. The van der Waals surface area contributed by atoms with Gasteiger partial charge in [-0.25, -0.2) is 14.5 Å². The molecule has 0 aliphatic carbocycles. The van der Waals surface area contributed by atoms with Crippen molar-refractivity contribution in [2.45, 2.75) is 13.8 Å². The van der Waals surface area contributed by atoms with E-state index in [0.29, 0.717) is 5.65 Å². The third-order valence-corrected chi connectivity index (χ3v) is 5.42. The van der Waals surface area contributed by atoms with Gasteiger partial charge in [-0.3, -0.25) is 0 Å². The first-order chi connectivity index (χ1) is 15.1. The number of rotatable bonds is 4. The van der Waals surface area contributed by atoms with Crippen molar-refractivity contribution in [3.63, 3.8) is 0 Å². The maximum Gasteiger partial charge on any atom is 0.184 e. The van der Waals surface area contributed by atoms with Gasteiger partial charge in [0.1, 0.15) is 11.5 Å². The van der Waals surface area contributed by atoms with Gasteiger partial charge in [0.25, 0.3) is 0 Å². The van der Waals surface area contributed by atoms with E-state index in [2.05, 4.69) is 30.1 Å². The molecule has 5 aromatic rings. The number of fused-ring (bicyclic) bond motifs is 3. The van der Waals surface area contributed by atoms with Gasteiger partial charge in [-0.2, -0.15) is 0 Å².